The second-order valence-corrected chi connectivity index (χ2v) is 6.26. The van der Waals surface area contributed by atoms with Gasteiger partial charge < -0.3 is 15.5 Å². The van der Waals surface area contributed by atoms with E-state index in [0.717, 1.165) is 30.0 Å². The van der Waals surface area contributed by atoms with Crippen molar-refractivity contribution in [2.75, 3.05) is 23.7 Å². The Morgan fingerprint density at radius 1 is 1.29 bits per heavy atom. The number of anilines is 2. The van der Waals surface area contributed by atoms with Gasteiger partial charge in [0.15, 0.2) is 0 Å². The summed E-state index contributed by atoms with van der Waals surface area (Å²) < 4.78 is 0. The Morgan fingerprint density at radius 3 is 2.52 bits per heavy atom. The summed E-state index contributed by atoms with van der Waals surface area (Å²) in [6, 6.07) is 7.34. The maximum absolute atomic E-state index is 11.2. The number of hydrogen-bond acceptors (Lipinski definition) is 3. The summed E-state index contributed by atoms with van der Waals surface area (Å²) in [4.78, 5) is 13.8. The molecule has 1 aliphatic heterocycles. The molecule has 1 aromatic rings. The molecule has 0 spiro atoms. The lowest BCUT2D eigenvalue weighted by Gasteiger charge is -2.35. The van der Waals surface area contributed by atoms with Gasteiger partial charge in [-0.15, -0.1) is 0 Å². The topological polar surface area (TPSA) is 44.4 Å². The van der Waals surface area contributed by atoms with Gasteiger partial charge in [-0.2, -0.15) is 0 Å². The van der Waals surface area contributed by atoms with E-state index >= 15 is 0 Å². The van der Waals surface area contributed by atoms with Gasteiger partial charge in [-0.25, -0.2) is 0 Å². The highest BCUT2D eigenvalue weighted by Gasteiger charge is 2.20. The Kier molecular flexibility index (Phi) is 5.23. The first-order valence-electron chi connectivity index (χ1n) is 7.84. The second kappa shape index (κ2) is 6.94. The Hall–Kier alpha value is -1.55. The van der Waals surface area contributed by atoms with Crippen LogP contribution in [0.3, 0.4) is 0 Å². The van der Waals surface area contributed by atoms with Crippen molar-refractivity contribution < 1.29 is 4.79 Å². The third-order valence-electron chi connectivity index (χ3n) is 4.18. The number of rotatable bonds is 4. The number of nitrogens with zero attached hydrogens (tertiary/aromatic N) is 1. The average Bonchev–Trinajstić information content (AvgIpc) is 2.42. The van der Waals surface area contributed by atoms with Gasteiger partial charge in [0.05, 0.1) is 0 Å². The van der Waals surface area contributed by atoms with Crippen LogP contribution < -0.4 is 10.6 Å². The number of benzene rings is 1. The molecule has 1 heterocycles. The van der Waals surface area contributed by atoms with Crippen LogP contribution in [-0.4, -0.2) is 36.0 Å². The van der Waals surface area contributed by atoms with E-state index in [1.807, 2.05) is 13.0 Å². The fraction of sp³-hybridized carbons (Fsp3) is 0.588. The SMILES string of the molecule is CC(=O)Nc1cc(NC2CCN(C(C)C)CC2)ccc1C. The second-order valence-electron chi connectivity index (χ2n) is 6.26. The molecular weight excluding hydrogens is 262 g/mol. The first kappa shape index (κ1) is 15.8. The van der Waals surface area contributed by atoms with Gasteiger partial charge >= 0.3 is 0 Å². The third-order valence-corrected chi connectivity index (χ3v) is 4.18. The van der Waals surface area contributed by atoms with Crippen LogP contribution in [-0.2, 0) is 4.79 Å². The molecule has 1 fully saturated rings. The number of likely N-dealkylation sites (tertiary alicyclic amines) is 1. The summed E-state index contributed by atoms with van der Waals surface area (Å²) in [6.45, 7) is 10.4. The molecule has 2 N–H and O–H groups in total. The molecule has 1 saturated heterocycles. The van der Waals surface area contributed by atoms with Gasteiger partial charge in [0.1, 0.15) is 0 Å². The van der Waals surface area contributed by atoms with Crippen molar-refractivity contribution in [3.8, 4) is 0 Å². The molecule has 0 bridgehead atoms. The number of carbonyl (C=O) groups is 1. The zero-order chi connectivity index (χ0) is 15.4. The molecule has 0 saturated carbocycles. The van der Waals surface area contributed by atoms with Gasteiger partial charge in [0, 0.05) is 43.5 Å². The smallest absolute Gasteiger partial charge is 0.221 e. The Bertz CT molecular complexity index is 491. The molecule has 0 aliphatic carbocycles. The third kappa shape index (κ3) is 4.46. The molecule has 0 atom stereocenters. The van der Waals surface area contributed by atoms with Crippen LogP contribution in [0.25, 0.3) is 0 Å². The molecule has 0 aromatic heterocycles. The molecule has 1 aliphatic rings. The average molecular weight is 289 g/mol. The van der Waals surface area contributed by atoms with Crippen molar-refractivity contribution >= 4 is 17.3 Å². The summed E-state index contributed by atoms with van der Waals surface area (Å²) in [7, 11) is 0. The van der Waals surface area contributed by atoms with Gasteiger partial charge in [-0.1, -0.05) is 6.07 Å². The van der Waals surface area contributed by atoms with Crippen LogP contribution in [0.15, 0.2) is 18.2 Å². The zero-order valence-electron chi connectivity index (χ0n) is 13.6. The minimum Gasteiger partial charge on any atom is -0.382 e. The van der Waals surface area contributed by atoms with E-state index in [2.05, 4.69) is 41.5 Å². The highest BCUT2D eigenvalue weighted by atomic mass is 16.1. The molecule has 0 radical (unpaired) electrons. The Balaban J connectivity index is 1.96. The number of aryl methyl sites for hydroxylation is 1. The van der Waals surface area contributed by atoms with E-state index in [-0.39, 0.29) is 5.91 Å². The van der Waals surface area contributed by atoms with Crippen molar-refractivity contribution in [2.45, 2.75) is 52.6 Å². The quantitative estimate of drug-likeness (QED) is 0.894. The monoisotopic (exact) mass is 289 g/mol. The number of carbonyl (C=O) groups excluding carboxylic acids is 1. The summed E-state index contributed by atoms with van der Waals surface area (Å²) in [5.74, 6) is -0.0273. The minimum absolute atomic E-state index is 0.0273. The molecule has 1 amide bonds. The van der Waals surface area contributed by atoms with E-state index in [4.69, 9.17) is 0 Å². The molecule has 21 heavy (non-hydrogen) atoms. The number of nitrogens with one attached hydrogen (secondary N) is 2. The van der Waals surface area contributed by atoms with Crippen LogP contribution in [0.2, 0.25) is 0 Å². The normalized spacial score (nSPS) is 17.0. The van der Waals surface area contributed by atoms with Crippen molar-refractivity contribution in [1.82, 2.24) is 4.90 Å². The van der Waals surface area contributed by atoms with Crippen LogP contribution in [0.1, 0.15) is 39.2 Å². The minimum atomic E-state index is -0.0273. The molecule has 2 rings (SSSR count). The predicted molar refractivity (Wildman–Crippen MR) is 88.8 cm³/mol. The summed E-state index contributed by atoms with van der Waals surface area (Å²) >= 11 is 0. The van der Waals surface area contributed by atoms with Gasteiger partial charge in [0.25, 0.3) is 0 Å². The molecule has 4 heteroatoms. The number of piperidine rings is 1. The fourth-order valence-electron chi connectivity index (χ4n) is 2.83. The van der Waals surface area contributed by atoms with Gasteiger partial charge in [0.2, 0.25) is 5.91 Å². The first-order chi connectivity index (χ1) is 9.95. The summed E-state index contributed by atoms with van der Waals surface area (Å²) in [6.07, 6.45) is 2.34. The van der Waals surface area contributed by atoms with Crippen LogP contribution in [0, 0.1) is 6.92 Å². The Morgan fingerprint density at radius 2 is 1.95 bits per heavy atom. The van der Waals surface area contributed by atoms with Crippen LogP contribution in [0.4, 0.5) is 11.4 Å². The lowest BCUT2D eigenvalue weighted by Crippen LogP contribution is -2.42. The zero-order valence-corrected chi connectivity index (χ0v) is 13.6. The molecule has 116 valence electrons. The van der Waals surface area contributed by atoms with Crippen molar-refractivity contribution in [3.63, 3.8) is 0 Å². The van der Waals surface area contributed by atoms with Crippen LogP contribution in [0.5, 0.6) is 0 Å². The van der Waals surface area contributed by atoms with E-state index in [1.54, 1.807) is 6.92 Å². The summed E-state index contributed by atoms with van der Waals surface area (Å²) in [5, 5.41) is 6.49. The predicted octanol–water partition coefficient (Wildman–Crippen LogP) is 3.24. The van der Waals surface area contributed by atoms with Gasteiger partial charge in [-0.3, -0.25) is 4.79 Å². The molecular formula is C17H27N3O. The standard InChI is InChI=1S/C17H27N3O/c1-12(2)20-9-7-15(8-10-20)19-16-6-5-13(3)17(11-16)18-14(4)21/h5-6,11-12,15,19H,7-10H2,1-4H3,(H,18,21). The van der Waals surface area contributed by atoms with E-state index in [0.29, 0.717) is 12.1 Å². The highest BCUT2D eigenvalue weighted by Crippen LogP contribution is 2.23. The van der Waals surface area contributed by atoms with E-state index < -0.39 is 0 Å². The van der Waals surface area contributed by atoms with Crippen molar-refractivity contribution in [1.29, 1.82) is 0 Å². The van der Waals surface area contributed by atoms with Crippen molar-refractivity contribution in [3.05, 3.63) is 23.8 Å². The maximum Gasteiger partial charge on any atom is 0.221 e. The fourth-order valence-corrected chi connectivity index (χ4v) is 2.83. The molecule has 1 aromatic carbocycles. The lowest BCUT2D eigenvalue weighted by atomic mass is 10.0. The molecule has 4 nitrogen and oxygen atoms in total. The largest absolute Gasteiger partial charge is 0.382 e. The lowest BCUT2D eigenvalue weighted by molar-refractivity contribution is -0.114. The molecule has 0 unspecified atom stereocenters. The highest BCUT2D eigenvalue weighted by molar-refractivity contribution is 5.90. The van der Waals surface area contributed by atoms with E-state index in [1.165, 1.54) is 12.8 Å². The van der Waals surface area contributed by atoms with Gasteiger partial charge in [-0.05, 0) is 51.3 Å². The first-order valence-corrected chi connectivity index (χ1v) is 7.84. The Labute approximate surface area is 127 Å². The number of hydrogen-bond donors (Lipinski definition) is 2. The maximum atomic E-state index is 11.2. The van der Waals surface area contributed by atoms with Crippen LogP contribution >= 0.6 is 0 Å². The van der Waals surface area contributed by atoms with E-state index in [9.17, 15) is 4.79 Å². The number of amides is 1. The van der Waals surface area contributed by atoms with Crippen molar-refractivity contribution in [2.24, 2.45) is 0 Å². The summed E-state index contributed by atoms with van der Waals surface area (Å²) in [5.41, 5.74) is 3.07.